The average molecular weight is 352 g/mol. The van der Waals surface area contributed by atoms with Crippen LogP contribution in [0.1, 0.15) is 33.3 Å². The number of halogens is 4. The number of nitrogens with one attached hydrogen (secondary N) is 1. The first kappa shape index (κ1) is 17.3. The van der Waals surface area contributed by atoms with Crippen LogP contribution in [-0.4, -0.2) is 6.54 Å². The van der Waals surface area contributed by atoms with E-state index in [0.29, 0.717) is 28.8 Å². The zero-order valence-corrected chi connectivity index (χ0v) is 13.8. The van der Waals surface area contributed by atoms with Crippen molar-refractivity contribution in [2.24, 2.45) is 17.8 Å². The van der Waals surface area contributed by atoms with Gasteiger partial charge in [-0.2, -0.15) is 13.2 Å². The van der Waals surface area contributed by atoms with Gasteiger partial charge in [0.25, 0.3) is 0 Å². The minimum absolute atomic E-state index is 0.145. The van der Waals surface area contributed by atoms with Crippen molar-refractivity contribution in [3.8, 4) is 0 Å². The van der Waals surface area contributed by atoms with Crippen LogP contribution >= 0.6 is 15.9 Å². The van der Waals surface area contributed by atoms with Gasteiger partial charge in [0.2, 0.25) is 0 Å². The van der Waals surface area contributed by atoms with E-state index in [9.17, 15) is 13.2 Å². The third-order valence-electron chi connectivity index (χ3n) is 3.53. The zero-order chi connectivity index (χ0) is 15.5. The van der Waals surface area contributed by atoms with Crippen LogP contribution in [0.3, 0.4) is 0 Å². The van der Waals surface area contributed by atoms with Crippen LogP contribution in [0, 0.1) is 17.8 Å². The Balaban J connectivity index is 2.93. The number of benzene rings is 1. The van der Waals surface area contributed by atoms with Gasteiger partial charge in [-0.05, 0) is 36.0 Å². The third kappa shape index (κ3) is 4.69. The Morgan fingerprint density at radius 1 is 1.10 bits per heavy atom. The molecule has 1 N–H and O–H groups in total. The Kier molecular flexibility index (Phi) is 5.92. The van der Waals surface area contributed by atoms with Crippen LogP contribution < -0.4 is 5.32 Å². The van der Waals surface area contributed by atoms with E-state index in [-0.39, 0.29) is 5.69 Å². The smallest absolute Gasteiger partial charge is 0.384 e. The van der Waals surface area contributed by atoms with Gasteiger partial charge in [0.15, 0.2) is 0 Å². The molecular formula is C15H21BrF3N. The van der Waals surface area contributed by atoms with Crippen LogP contribution in [0.2, 0.25) is 0 Å². The molecule has 0 radical (unpaired) electrons. The molecule has 0 amide bonds. The fourth-order valence-corrected chi connectivity index (χ4v) is 2.74. The molecule has 0 spiro atoms. The predicted molar refractivity (Wildman–Crippen MR) is 80.8 cm³/mol. The standard InChI is InChI=1S/C15H21BrF3N/c1-9(2)12(10(3)4)8-20-14-6-5-11(16)7-13(14)15(17,18)19/h5-7,9-10,12,20H,8H2,1-4H3. The summed E-state index contributed by atoms with van der Waals surface area (Å²) in [6.07, 6.45) is -4.35. The number of anilines is 1. The molecule has 0 fully saturated rings. The van der Waals surface area contributed by atoms with E-state index < -0.39 is 11.7 Å². The largest absolute Gasteiger partial charge is 0.418 e. The molecule has 1 aromatic rings. The van der Waals surface area contributed by atoms with Gasteiger partial charge >= 0.3 is 6.18 Å². The minimum Gasteiger partial charge on any atom is -0.384 e. The predicted octanol–water partition coefficient (Wildman–Crippen LogP) is 5.81. The Labute approximate surface area is 127 Å². The van der Waals surface area contributed by atoms with Crippen LogP contribution in [0.4, 0.5) is 18.9 Å². The maximum absolute atomic E-state index is 13.0. The van der Waals surface area contributed by atoms with Gasteiger partial charge in [-0.3, -0.25) is 0 Å². The van der Waals surface area contributed by atoms with Crippen molar-refractivity contribution in [1.29, 1.82) is 0 Å². The van der Waals surface area contributed by atoms with E-state index in [0.717, 1.165) is 6.07 Å². The first-order chi connectivity index (χ1) is 9.12. The number of hydrogen-bond donors (Lipinski definition) is 1. The highest BCUT2D eigenvalue weighted by atomic mass is 79.9. The van der Waals surface area contributed by atoms with Crippen molar-refractivity contribution in [2.45, 2.75) is 33.9 Å². The van der Waals surface area contributed by atoms with Gasteiger partial charge in [0.05, 0.1) is 5.56 Å². The highest BCUT2D eigenvalue weighted by Gasteiger charge is 2.34. The molecule has 0 saturated carbocycles. The molecule has 1 aromatic carbocycles. The molecule has 0 aliphatic heterocycles. The van der Waals surface area contributed by atoms with Crippen LogP contribution in [-0.2, 0) is 6.18 Å². The normalized spacial score (nSPS) is 12.6. The fourth-order valence-electron chi connectivity index (χ4n) is 2.37. The molecule has 0 saturated heterocycles. The van der Waals surface area contributed by atoms with Gasteiger partial charge in [-0.25, -0.2) is 0 Å². The maximum Gasteiger partial charge on any atom is 0.418 e. The summed E-state index contributed by atoms with van der Waals surface area (Å²) in [6.45, 7) is 8.93. The van der Waals surface area contributed by atoms with Crippen molar-refractivity contribution in [3.63, 3.8) is 0 Å². The summed E-state index contributed by atoms with van der Waals surface area (Å²) >= 11 is 3.09. The molecule has 0 heterocycles. The van der Waals surface area contributed by atoms with Crippen molar-refractivity contribution >= 4 is 21.6 Å². The SMILES string of the molecule is CC(C)C(CNc1ccc(Br)cc1C(F)(F)F)C(C)C. The number of hydrogen-bond acceptors (Lipinski definition) is 1. The first-order valence-electron chi connectivity index (χ1n) is 6.73. The first-order valence-corrected chi connectivity index (χ1v) is 7.52. The molecule has 0 aliphatic rings. The van der Waals surface area contributed by atoms with Gasteiger partial charge < -0.3 is 5.32 Å². The summed E-state index contributed by atoms with van der Waals surface area (Å²) in [4.78, 5) is 0. The average Bonchev–Trinajstić information content (AvgIpc) is 2.28. The summed E-state index contributed by atoms with van der Waals surface area (Å²) in [7, 11) is 0. The topological polar surface area (TPSA) is 12.0 Å². The summed E-state index contributed by atoms with van der Waals surface area (Å²) in [5.74, 6) is 1.18. The fraction of sp³-hybridized carbons (Fsp3) is 0.600. The molecule has 1 rings (SSSR count). The Bertz CT molecular complexity index is 433. The van der Waals surface area contributed by atoms with Crippen molar-refractivity contribution in [2.75, 3.05) is 11.9 Å². The second kappa shape index (κ2) is 6.83. The molecule has 114 valence electrons. The van der Waals surface area contributed by atoms with Crippen LogP contribution in [0.25, 0.3) is 0 Å². The second-order valence-corrected chi connectivity index (χ2v) is 6.64. The lowest BCUT2D eigenvalue weighted by atomic mass is 9.85. The number of rotatable bonds is 5. The second-order valence-electron chi connectivity index (χ2n) is 5.72. The molecule has 0 aliphatic carbocycles. The summed E-state index contributed by atoms with van der Waals surface area (Å²) < 4.78 is 39.5. The lowest BCUT2D eigenvalue weighted by Gasteiger charge is -2.26. The van der Waals surface area contributed by atoms with E-state index in [1.165, 1.54) is 6.07 Å². The molecular weight excluding hydrogens is 331 g/mol. The Morgan fingerprint density at radius 2 is 1.65 bits per heavy atom. The molecule has 0 bridgehead atoms. The highest BCUT2D eigenvalue weighted by molar-refractivity contribution is 9.10. The Hall–Kier alpha value is -0.710. The van der Waals surface area contributed by atoms with E-state index in [2.05, 4.69) is 48.9 Å². The van der Waals surface area contributed by atoms with Gasteiger partial charge in [-0.1, -0.05) is 43.6 Å². The summed E-state index contributed by atoms with van der Waals surface area (Å²) in [5.41, 5.74) is -0.481. The minimum atomic E-state index is -4.35. The summed E-state index contributed by atoms with van der Waals surface area (Å²) in [5, 5.41) is 2.97. The molecule has 0 aromatic heterocycles. The van der Waals surface area contributed by atoms with E-state index >= 15 is 0 Å². The quantitative estimate of drug-likeness (QED) is 0.705. The Morgan fingerprint density at radius 3 is 2.10 bits per heavy atom. The zero-order valence-electron chi connectivity index (χ0n) is 12.2. The van der Waals surface area contributed by atoms with Crippen molar-refractivity contribution in [3.05, 3.63) is 28.2 Å². The van der Waals surface area contributed by atoms with E-state index in [1.807, 2.05) is 0 Å². The highest BCUT2D eigenvalue weighted by Crippen LogP contribution is 2.37. The monoisotopic (exact) mass is 351 g/mol. The maximum atomic E-state index is 13.0. The molecule has 0 atom stereocenters. The van der Waals surface area contributed by atoms with Gasteiger partial charge in [0.1, 0.15) is 0 Å². The van der Waals surface area contributed by atoms with Crippen LogP contribution in [0.15, 0.2) is 22.7 Å². The summed E-state index contributed by atoms with van der Waals surface area (Å²) in [6, 6.07) is 4.21. The van der Waals surface area contributed by atoms with Crippen molar-refractivity contribution < 1.29 is 13.2 Å². The molecule has 1 nitrogen and oxygen atoms in total. The van der Waals surface area contributed by atoms with E-state index in [4.69, 9.17) is 0 Å². The van der Waals surface area contributed by atoms with E-state index in [1.54, 1.807) is 6.07 Å². The lowest BCUT2D eigenvalue weighted by molar-refractivity contribution is -0.137. The number of alkyl halides is 3. The third-order valence-corrected chi connectivity index (χ3v) is 4.02. The molecule has 5 heteroatoms. The molecule has 0 unspecified atom stereocenters. The lowest BCUT2D eigenvalue weighted by Crippen LogP contribution is -2.25. The van der Waals surface area contributed by atoms with Gasteiger partial charge in [0, 0.05) is 16.7 Å². The van der Waals surface area contributed by atoms with Crippen LogP contribution in [0.5, 0.6) is 0 Å². The molecule has 20 heavy (non-hydrogen) atoms. The van der Waals surface area contributed by atoms with Crippen molar-refractivity contribution in [1.82, 2.24) is 0 Å². The van der Waals surface area contributed by atoms with Gasteiger partial charge in [-0.15, -0.1) is 0 Å².